The van der Waals surface area contributed by atoms with Gasteiger partial charge in [-0.3, -0.25) is 0 Å². The summed E-state index contributed by atoms with van der Waals surface area (Å²) < 4.78 is 5.50. The molecule has 1 saturated carbocycles. The number of nitrogens with one attached hydrogen (secondary N) is 1. The first-order valence-corrected chi connectivity index (χ1v) is 8.42. The molecule has 1 N–H and O–H groups in total. The van der Waals surface area contributed by atoms with Gasteiger partial charge in [-0.05, 0) is 26.7 Å². The third-order valence-corrected chi connectivity index (χ3v) is 4.47. The Hall–Kier alpha value is -0.0800. The maximum Gasteiger partial charge on any atom is 0.0746 e. The van der Waals surface area contributed by atoms with E-state index in [1.807, 2.05) is 7.11 Å². The Kier molecular flexibility index (Phi) is 8.72. The Morgan fingerprint density at radius 2 is 1.26 bits per heavy atom. The molecule has 0 spiro atoms. The normalized spacial score (nSPS) is 21.6. The van der Waals surface area contributed by atoms with Gasteiger partial charge in [0.05, 0.1) is 5.60 Å². The molecule has 0 unspecified atom stereocenters. The Balaban J connectivity index is 2.30. The molecule has 2 nitrogen and oxygen atoms in total. The molecule has 0 aromatic carbocycles. The van der Waals surface area contributed by atoms with E-state index in [1.54, 1.807) is 0 Å². The van der Waals surface area contributed by atoms with E-state index in [9.17, 15) is 0 Å². The molecule has 0 aromatic rings. The molecule has 2 heteroatoms. The fraction of sp³-hybridized carbons (Fsp3) is 1.00. The largest absolute Gasteiger partial charge is 0.377 e. The van der Waals surface area contributed by atoms with E-state index in [4.69, 9.17) is 4.74 Å². The summed E-state index contributed by atoms with van der Waals surface area (Å²) in [5.41, 5.74) is -0.0380. The molecular weight excluding hydrogens is 234 g/mol. The monoisotopic (exact) mass is 269 g/mol. The highest BCUT2D eigenvalue weighted by Crippen LogP contribution is 2.17. The molecule has 1 aliphatic rings. The standard InChI is InChI=1S/C17H35NO/c1-17(2,19-3)15-18-16-13-11-9-7-5-4-6-8-10-12-14-16/h16,18H,4-15H2,1-3H3. The minimum atomic E-state index is -0.0380. The van der Waals surface area contributed by atoms with Crippen molar-refractivity contribution < 1.29 is 4.74 Å². The molecule has 0 saturated heterocycles. The van der Waals surface area contributed by atoms with E-state index in [-0.39, 0.29) is 5.60 Å². The highest BCUT2D eigenvalue weighted by atomic mass is 16.5. The van der Waals surface area contributed by atoms with Crippen LogP contribution in [-0.2, 0) is 4.74 Å². The van der Waals surface area contributed by atoms with Gasteiger partial charge in [-0.25, -0.2) is 0 Å². The predicted octanol–water partition coefficient (Wildman–Crippen LogP) is 4.67. The van der Waals surface area contributed by atoms with Crippen molar-refractivity contribution in [1.82, 2.24) is 5.32 Å². The highest BCUT2D eigenvalue weighted by Gasteiger charge is 2.18. The molecule has 0 radical (unpaired) electrons. The van der Waals surface area contributed by atoms with Crippen molar-refractivity contribution in [2.24, 2.45) is 0 Å². The second kappa shape index (κ2) is 9.77. The number of ether oxygens (including phenoxy) is 1. The third-order valence-electron chi connectivity index (χ3n) is 4.47. The average Bonchev–Trinajstić information content (AvgIpc) is 2.38. The zero-order valence-electron chi connectivity index (χ0n) is 13.5. The Morgan fingerprint density at radius 1 is 0.842 bits per heavy atom. The molecule has 1 aliphatic carbocycles. The topological polar surface area (TPSA) is 21.3 Å². The first kappa shape index (κ1) is 17.0. The molecule has 1 rings (SSSR count). The van der Waals surface area contributed by atoms with Gasteiger partial charge in [0.1, 0.15) is 0 Å². The van der Waals surface area contributed by atoms with Gasteiger partial charge >= 0.3 is 0 Å². The van der Waals surface area contributed by atoms with Crippen LogP contribution >= 0.6 is 0 Å². The van der Waals surface area contributed by atoms with Crippen molar-refractivity contribution in [2.75, 3.05) is 13.7 Å². The fourth-order valence-electron chi connectivity index (χ4n) is 2.83. The lowest BCUT2D eigenvalue weighted by molar-refractivity contribution is 0.0204. The summed E-state index contributed by atoms with van der Waals surface area (Å²) in [5, 5.41) is 3.74. The van der Waals surface area contributed by atoms with E-state index >= 15 is 0 Å². The Bertz CT molecular complexity index is 203. The van der Waals surface area contributed by atoms with Crippen molar-refractivity contribution in [3.63, 3.8) is 0 Å². The Morgan fingerprint density at radius 3 is 1.68 bits per heavy atom. The van der Waals surface area contributed by atoms with Crippen LogP contribution in [0.15, 0.2) is 0 Å². The number of hydrogen-bond donors (Lipinski definition) is 1. The van der Waals surface area contributed by atoms with Crippen LogP contribution in [0.25, 0.3) is 0 Å². The minimum Gasteiger partial charge on any atom is -0.377 e. The SMILES string of the molecule is COC(C)(C)CNC1CCCCCCCCCCC1. The molecule has 0 atom stereocenters. The zero-order chi connectivity index (χ0) is 14.0. The summed E-state index contributed by atoms with van der Waals surface area (Å²) in [6.45, 7) is 5.29. The molecule has 114 valence electrons. The van der Waals surface area contributed by atoms with Gasteiger partial charge in [-0.1, -0.05) is 57.8 Å². The molecule has 19 heavy (non-hydrogen) atoms. The van der Waals surface area contributed by atoms with E-state index in [1.165, 1.54) is 70.6 Å². The van der Waals surface area contributed by atoms with Crippen LogP contribution in [0.3, 0.4) is 0 Å². The van der Waals surface area contributed by atoms with Crippen LogP contribution < -0.4 is 5.32 Å². The van der Waals surface area contributed by atoms with Crippen molar-refractivity contribution in [2.45, 2.75) is 96.1 Å². The van der Waals surface area contributed by atoms with Crippen molar-refractivity contribution in [3.8, 4) is 0 Å². The molecule has 0 amide bonds. The van der Waals surface area contributed by atoms with Crippen molar-refractivity contribution >= 4 is 0 Å². The Labute approximate surface area is 120 Å². The van der Waals surface area contributed by atoms with Crippen LogP contribution in [-0.4, -0.2) is 25.3 Å². The summed E-state index contributed by atoms with van der Waals surface area (Å²) in [6, 6.07) is 0.703. The average molecular weight is 269 g/mol. The second-order valence-electron chi connectivity index (χ2n) is 6.80. The highest BCUT2D eigenvalue weighted by molar-refractivity contribution is 4.76. The van der Waals surface area contributed by atoms with Gasteiger partial charge in [0, 0.05) is 19.7 Å². The number of methoxy groups -OCH3 is 1. The van der Waals surface area contributed by atoms with E-state index in [0.29, 0.717) is 6.04 Å². The summed E-state index contributed by atoms with van der Waals surface area (Å²) in [6.07, 6.45) is 15.6. The molecular formula is C17H35NO. The van der Waals surface area contributed by atoms with Crippen LogP contribution in [0.4, 0.5) is 0 Å². The smallest absolute Gasteiger partial charge is 0.0746 e. The molecule has 0 bridgehead atoms. The lowest BCUT2D eigenvalue weighted by Gasteiger charge is -2.27. The third kappa shape index (κ3) is 8.65. The minimum absolute atomic E-state index is 0.0380. The van der Waals surface area contributed by atoms with Crippen LogP contribution in [0.1, 0.15) is 84.5 Å². The lowest BCUT2D eigenvalue weighted by atomic mass is 9.97. The van der Waals surface area contributed by atoms with Gasteiger partial charge in [-0.2, -0.15) is 0 Å². The first-order valence-electron chi connectivity index (χ1n) is 8.42. The van der Waals surface area contributed by atoms with Gasteiger partial charge in [-0.15, -0.1) is 0 Å². The van der Waals surface area contributed by atoms with Crippen LogP contribution in [0.5, 0.6) is 0 Å². The number of rotatable bonds is 4. The van der Waals surface area contributed by atoms with Crippen LogP contribution in [0, 0.1) is 0 Å². The van der Waals surface area contributed by atoms with Crippen molar-refractivity contribution in [1.29, 1.82) is 0 Å². The van der Waals surface area contributed by atoms with Gasteiger partial charge in [0.2, 0.25) is 0 Å². The van der Waals surface area contributed by atoms with Crippen molar-refractivity contribution in [3.05, 3.63) is 0 Å². The summed E-state index contributed by atoms with van der Waals surface area (Å²) in [5.74, 6) is 0. The fourth-order valence-corrected chi connectivity index (χ4v) is 2.83. The predicted molar refractivity (Wildman–Crippen MR) is 83.7 cm³/mol. The maximum atomic E-state index is 5.50. The number of hydrogen-bond acceptors (Lipinski definition) is 2. The maximum absolute atomic E-state index is 5.50. The van der Waals surface area contributed by atoms with E-state index in [2.05, 4.69) is 19.2 Å². The molecule has 1 fully saturated rings. The summed E-state index contributed by atoms with van der Waals surface area (Å²) in [7, 11) is 1.81. The molecule has 0 aromatic heterocycles. The van der Waals surface area contributed by atoms with Crippen LogP contribution in [0.2, 0.25) is 0 Å². The molecule has 0 heterocycles. The molecule has 0 aliphatic heterocycles. The first-order chi connectivity index (χ1) is 9.14. The van der Waals surface area contributed by atoms with Gasteiger partial charge in [0.25, 0.3) is 0 Å². The quantitative estimate of drug-likeness (QED) is 0.800. The van der Waals surface area contributed by atoms with E-state index in [0.717, 1.165) is 6.54 Å². The second-order valence-corrected chi connectivity index (χ2v) is 6.80. The van der Waals surface area contributed by atoms with Gasteiger partial charge in [0.15, 0.2) is 0 Å². The van der Waals surface area contributed by atoms with E-state index < -0.39 is 0 Å². The summed E-state index contributed by atoms with van der Waals surface area (Å²) >= 11 is 0. The lowest BCUT2D eigenvalue weighted by Crippen LogP contribution is -2.41. The summed E-state index contributed by atoms with van der Waals surface area (Å²) in [4.78, 5) is 0. The van der Waals surface area contributed by atoms with Gasteiger partial charge < -0.3 is 10.1 Å². The zero-order valence-corrected chi connectivity index (χ0v) is 13.5.